The summed E-state index contributed by atoms with van der Waals surface area (Å²) in [6.45, 7) is 0. The van der Waals surface area contributed by atoms with Crippen LogP contribution < -0.4 is 4.74 Å². The first-order valence-electron chi connectivity index (χ1n) is 5.19. The first-order chi connectivity index (χ1) is 7.73. The summed E-state index contributed by atoms with van der Waals surface area (Å²) >= 11 is 0. The van der Waals surface area contributed by atoms with Crippen molar-refractivity contribution in [3.05, 3.63) is 23.8 Å². The molecule has 4 nitrogen and oxygen atoms in total. The van der Waals surface area contributed by atoms with Crippen molar-refractivity contribution < 1.29 is 14.6 Å². The van der Waals surface area contributed by atoms with Gasteiger partial charge in [0.15, 0.2) is 11.5 Å². The molecule has 0 unspecified atom stereocenters. The second kappa shape index (κ2) is 3.99. The fraction of sp³-hybridized carbons (Fsp3) is 0.417. The molecule has 0 amide bonds. The van der Waals surface area contributed by atoms with E-state index in [2.05, 4.69) is 4.99 Å². The van der Waals surface area contributed by atoms with Crippen molar-refractivity contribution in [2.24, 2.45) is 4.99 Å². The number of rotatable bonds is 3. The topological polar surface area (TPSA) is 58.9 Å². The summed E-state index contributed by atoms with van der Waals surface area (Å²) in [4.78, 5) is 14.4. The standard InChI is InChI=1S/C12H13NO3/c1-16-11-9(4-2-5-10(11)15)12(13-8-14)6-3-7-12/h2,4-5,15H,3,6-7H2,1H3. The van der Waals surface area contributed by atoms with Crippen molar-refractivity contribution in [1.29, 1.82) is 0 Å². The van der Waals surface area contributed by atoms with E-state index in [-0.39, 0.29) is 5.75 Å². The third-order valence-electron chi connectivity index (χ3n) is 3.14. The first kappa shape index (κ1) is 10.7. The van der Waals surface area contributed by atoms with Gasteiger partial charge >= 0.3 is 0 Å². The monoisotopic (exact) mass is 219 g/mol. The zero-order chi connectivity index (χ0) is 11.6. The van der Waals surface area contributed by atoms with Crippen molar-refractivity contribution in [3.8, 4) is 11.5 Å². The zero-order valence-electron chi connectivity index (χ0n) is 9.06. The van der Waals surface area contributed by atoms with Gasteiger partial charge < -0.3 is 9.84 Å². The number of phenolic OH excluding ortho intramolecular Hbond substituents is 1. The minimum atomic E-state index is -0.536. The Morgan fingerprint density at radius 2 is 2.25 bits per heavy atom. The first-order valence-corrected chi connectivity index (χ1v) is 5.19. The van der Waals surface area contributed by atoms with Crippen LogP contribution in [0, 0.1) is 0 Å². The van der Waals surface area contributed by atoms with Gasteiger partial charge in [-0.15, -0.1) is 0 Å². The molecule has 2 rings (SSSR count). The Balaban J connectivity index is 2.54. The maximum absolute atomic E-state index is 10.5. The van der Waals surface area contributed by atoms with Crippen LogP contribution in [-0.2, 0) is 10.3 Å². The van der Waals surface area contributed by atoms with Gasteiger partial charge in [0.1, 0.15) is 5.54 Å². The average Bonchev–Trinajstić information content (AvgIpc) is 2.23. The molecule has 1 aromatic rings. The van der Waals surface area contributed by atoms with Crippen molar-refractivity contribution in [3.63, 3.8) is 0 Å². The predicted octanol–water partition coefficient (Wildman–Crippen LogP) is 2.12. The van der Waals surface area contributed by atoms with Gasteiger partial charge in [-0.1, -0.05) is 12.1 Å². The van der Waals surface area contributed by atoms with Crippen LogP contribution in [0.1, 0.15) is 24.8 Å². The van der Waals surface area contributed by atoms with E-state index in [1.54, 1.807) is 18.2 Å². The minimum absolute atomic E-state index is 0.0763. The Labute approximate surface area is 93.6 Å². The molecule has 1 aliphatic rings. The number of ether oxygens (including phenoxy) is 1. The molecule has 1 fully saturated rings. The van der Waals surface area contributed by atoms with Crippen LogP contribution in [0.3, 0.4) is 0 Å². The van der Waals surface area contributed by atoms with E-state index in [4.69, 9.17) is 4.74 Å². The van der Waals surface area contributed by atoms with Crippen molar-refractivity contribution in [2.75, 3.05) is 7.11 Å². The van der Waals surface area contributed by atoms with Crippen molar-refractivity contribution in [2.45, 2.75) is 24.8 Å². The molecule has 16 heavy (non-hydrogen) atoms. The molecular weight excluding hydrogens is 206 g/mol. The molecule has 0 saturated heterocycles. The van der Waals surface area contributed by atoms with Crippen LogP contribution in [0.5, 0.6) is 11.5 Å². The smallest absolute Gasteiger partial charge is 0.235 e. The highest BCUT2D eigenvalue weighted by atomic mass is 16.5. The van der Waals surface area contributed by atoms with Crippen LogP contribution in [0.25, 0.3) is 0 Å². The lowest BCUT2D eigenvalue weighted by Gasteiger charge is -2.37. The number of hydrogen-bond acceptors (Lipinski definition) is 4. The SMILES string of the molecule is COc1c(O)cccc1C1(N=C=O)CCC1. The highest BCUT2D eigenvalue weighted by molar-refractivity contribution is 5.51. The summed E-state index contributed by atoms with van der Waals surface area (Å²) in [6.07, 6.45) is 4.22. The van der Waals surface area contributed by atoms with Gasteiger partial charge in [0.05, 0.1) is 7.11 Å². The molecule has 1 aliphatic carbocycles. The van der Waals surface area contributed by atoms with Gasteiger partial charge in [0.2, 0.25) is 6.08 Å². The number of carbonyl (C=O) groups excluding carboxylic acids is 1. The van der Waals surface area contributed by atoms with E-state index in [0.29, 0.717) is 5.75 Å². The van der Waals surface area contributed by atoms with E-state index in [0.717, 1.165) is 24.8 Å². The van der Waals surface area contributed by atoms with E-state index in [1.165, 1.54) is 7.11 Å². The van der Waals surface area contributed by atoms with E-state index in [1.807, 2.05) is 6.07 Å². The van der Waals surface area contributed by atoms with Gasteiger partial charge in [-0.05, 0) is 25.3 Å². The summed E-state index contributed by atoms with van der Waals surface area (Å²) in [5.74, 6) is 0.480. The number of aromatic hydroxyl groups is 1. The van der Waals surface area contributed by atoms with Crippen LogP contribution >= 0.6 is 0 Å². The zero-order valence-corrected chi connectivity index (χ0v) is 9.06. The van der Waals surface area contributed by atoms with E-state index >= 15 is 0 Å². The molecule has 1 saturated carbocycles. The van der Waals surface area contributed by atoms with E-state index in [9.17, 15) is 9.90 Å². The number of aliphatic imine (C=N–C) groups is 1. The summed E-state index contributed by atoms with van der Waals surface area (Å²) in [5.41, 5.74) is 0.232. The lowest BCUT2D eigenvalue weighted by molar-refractivity contribution is 0.243. The Bertz CT molecular complexity index is 446. The highest BCUT2D eigenvalue weighted by Gasteiger charge is 2.41. The molecule has 1 aromatic carbocycles. The predicted molar refractivity (Wildman–Crippen MR) is 58.3 cm³/mol. The third-order valence-corrected chi connectivity index (χ3v) is 3.14. The second-order valence-electron chi connectivity index (χ2n) is 3.95. The Hall–Kier alpha value is -1.80. The summed E-state index contributed by atoms with van der Waals surface area (Å²) in [7, 11) is 1.50. The molecule has 1 N–H and O–H groups in total. The number of hydrogen-bond donors (Lipinski definition) is 1. The maximum Gasteiger partial charge on any atom is 0.235 e. The van der Waals surface area contributed by atoms with E-state index < -0.39 is 5.54 Å². The molecule has 0 aromatic heterocycles. The highest BCUT2D eigenvalue weighted by Crippen LogP contribution is 2.49. The number of methoxy groups -OCH3 is 1. The summed E-state index contributed by atoms with van der Waals surface area (Å²) in [5, 5.41) is 9.68. The molecule has 0 heterocycles. The lowest BCUT2D eigenvalue weighted by Crippen LogP contribution is -2.32. The normalized spacial score (nSPS) is 17.1. The molecule has 0 aliphatic heterocycles. The maximum atomic E-state index is 10.5. The molecule has 0 bridgehead atoms. The average molecular weight is 219 g/mol. The second-order valence-corrected chi connectivity index (χ2v) is 3.95. The van der Waals surface area contributed by atoms with Crippen molar-refractivity contribution in [1.82, 2.24) is 0 Å². The van der Waals surface area contributed by atoms with Gasteiger partial charge in [-0.2, -0.15) is 4.99 Å². The van der Waals surface area contributed by atoms with Gasteiger partial charge in [-0.3, -0.25) is 0 Å². The molecular formula is C12H13NO3. The van der Waals surface area contributed by atoms with Crippen molar-refractivity contribution >= 4 is 6.08 Å². The Morgan fingerprint density at radius 1 is 1.50 bits per heavy atom. The third kappa shape index (κ3) is 1.48. The van der Waals surface area contributed by atoms with Gasteiger partial charge in [-0.25, -0.2) is 4.79 Å². The molecule has 0 radical (unpaired) electrons. The van der Waals surface area contributed by atoms with Crippen LogP contribution in [0.4, 0.5) is 0 Å². The Morgan fingerprint density at radius 3 is 2.75 bits per heavy atom. The number of para-hydroxylation sites is 1. The van der Waals surface area contributed by atoms with Gasteiger partial charge in [0, 0.05) is 5.56 Å². The quantitative estimate of drug-likeness (QED) is 0.625. The fourth-order valence-electron chi connectivity index (χ4n) is 2.15. The number of benzene rings is 1. The minimum Gasteiger partial charge on any atom is -0.504 e. The largest absolute Gasteiger partial charge is 0.504 e. The lowest BCUT2D eigenvalue weighted by atomic mass is 9.72. The number of phenols is 1. The Kier molecular flexibility index (Phi) is 2.67. The summed E-state index contributed by atoms with van der Waals surface area (Å²) in [6, 6.07) is 5.12. The molecule has 0 spiro atoms. The fourth-order valence-corrected chi connectivity index (χ4v) is 2.15. The van der Waals surface area contributed by atoms with Gasteiger partial charge in [0.25, 0.3) is 0 Å². The number of nitrogens with zero attached hydrogens (tertiary/aromatic N) is 1. The summed E-state index contributed by atoms with van der Waals surface area (Å²) < 4.78 is 5.16. The molecule has 0 atom stereocenters. The van der Waals surface area contributed by atoms with Crippen LogP contribution in [-0.4, -0.2) is 18.3 Å². The number of isocyanates is 1. The molecule has 4 heteroatoms. The van der Waals surface area contributed by atoms with Crippen LogP contribution in [0.2, 0.25) is 0 Å². The molecule has 84 valence electrons. The van der Waals surface area contributed by atoms with Crippen LogP contribution in [0.15, 0.2) is 23.2 Å².